The summed E-state index contributed by atoms with van der Waals surface area (Å²) < 4.78 is 12.4. The Hall–Kier alpha value is -0.795. The van der Waals surface area contributed by atoms with Crippen LogP contribution in [0.3, 0.4) is 0 Å². The Balaban J connectivity index is 1.40. The van der Waals surface area contributed by atoms with E-state index in [4.69, 9.17) is 9.31 Å². The number of hydrogen-bond acceptors (Lipinski definition) is 2. The van der Waals surface area contributed by atoms with Gasteiger partial charge in [0.1, 0.15) is 0 Å². The van der Waals surface area contributed by atoms with Gasteiger partial charge in [-0.3, -0.25) is 0 Å². The zero-order valence-corrected chi connectivity index (χ0v) is 16.1. The van der Waals surface area contributed by atoms with Crippen LogP contribution < -0.4 is 0 Å². The van der Waals surface area contributed by atoms with Crippen molar-refractivity contribution in [2.75, 3.05) is 0 Å². The van der Waals surface area contributed by atoms with Gasteiger partial charge in [0.2, 0.25) is 0 Å². The standard InChI is InChI=1S/C21H31BO2/c1-15-9-7-8-10-17(15)21-12-20(13-21,14-21)16(2)11-22-23-18(3,4)19(5,6)24-22/h7-10,16H,11-14H2,1-6H3. The van der Waals surface area contributed by atoms with Gasteiger partial charge in [-0.1, -0.05) is 31.2 Å². The largest absolute Gasteiger partial charge is 0.458 e. The molecule has 3 saturated carbocycles. The molecule has 1 aliphatic heterocycles. The number of benzene rings is 1. The Labute approximate surface area is 147 Å². The summed E-state index contributed by atoms with van der Waals surface area (Å²) in [5, 5.41) is 0. The van der Waals surface area contributed by atoms with Gasteiger partial charge in [0.25, 0.3) is 0 Å². The van der Waals surface area contributed by atoms with E-state index in [0.717, 1.165) is 6.32 Å². The lowest BCUT2D eigenvalue weighted by Crippen LogP contribution is -2.67. The molecule has 1 saturated heterocycles. The van der Waals surface area contributed by atoms with Crippen molar-refractivity contribution < 1.29 is 9.31 Å². The monoisotopic (exact) mass is 326 g/mol. The maximum Gasteiger partial charge on any atom is 0.458 e. The van der Waals surface area contributed by atoms with Gasteiger partial charge < -0.3 is 9.31 Å². The SMILES string of the molecule is Cc1ccccc1C12CC(C(C)CB3OC(C)(C)C(C)(C)O3)(C1)C2. The molecular weight excluding hydrogens is 295 g/mol. The Kier molecular flexibility index (Phi) is 3.39. The van der Waals surface area contributed by atoms with Crippen LogP contribution in [0.1, 0.15) is 65.0 Å². The Morgan fingerprint density at radius 2 is 1.54 bits per heavy atom. The summed E-state index contributed by atoms with van der Waals surface area (Å²) in [4.78, 5) is 0. The first-order valence-electron chi connectivity index (χ1n) is 9.51. The van der Waals surface area contributed by atoms with Crippen LogP contribution in [0.5, 0.6) is 0 Å². The lowest BCUT2D eigenvalue weighted by Gasteiger charge is -2.74. The van der Waals surface area contributed by atoms with Crippen molar-refractivity contribution >= 4 is 7.12 Å². The molecule has 0 radical (unpaired) electrons. The quantitative estimate of drug-likeness (QED) is 0.713. The van der Waals surface area contributed by atoms with Gasteiger partial charge in [-0.05, 0) is 88.1 Å². The van der Waals surface area contributed by atoms with Crippen LogP contribution in [0.2, 0.25) is 6.32 Å². The van der Waals surface area contributed by atoms with Crippen LogP contribution in [0.15, 0.2) is 24.3 Å². The Morgan fingerprint density at radius 1 is 1.00 bits per heavy atom. The molecule has 5 rings (SSSR count). The first kappa shape index (κ1) is 16.7. The van der Waals surface area contributed by atoms with Crippen LogP contribution in [-0.4, -0.2) is 18.3 Å². The van der Waals surface area contributed by atoms with Crippen LogP contribution in [0.25, 0.3) is 0 Å². The molecule has 2 bridgehead atoms. The molecule has 1 atom stereocenters. The molecular formula is C21H31BO2. The summed E-state index contributed by atoms with van der Waals surface area (Å²) >= 11 is 0. The second-order valence-corrected chi connectivity index (χ2v) is 9.81. The Bertz CT molecular complexity index is 628. The summed E-state index contributed by atoms with van der Waals surface area (Å²) in [5.41, 5.74) is 3.65. The van der Waals surface area contributed by atoms with E-state index < -0.39 is 0 Å². The molecule has 0 spiro atoms. The van der Waals surface area contributed by atoms with E-state index in [-0.39, 0.29) is 18.3 Å². The lowest BCUT2D eigenvalue weighted by molar-refractivity contribution is -0.173. The average Bonchev–Trinajstić information content (AvgIpc) is 2.56. The third kappa shape index (κ3) is 2.17. The van der Waals surface area contributed by atoms with Gasteiger partial charge in [-0.15, -0.1) is 0 Å². The zero-order valence-electron chi connectivity index (χ0n) is 16.1. The van der Waals surface area contributed by atoms with E-state index in [1.54, 1.807) is 5.56 Å². The van der Waals surface area contributed by atoms with E-state index in [2.05, 4.69) is 65.8 Å². The summed E-state index contributed by atoms with van der Waals surface area (Å²) in [7, 11) is -0.0477. The summed E-state index contributed by atoms with van der Waals surface area (Å²) in [6.45, 7) is 13.2. The van der Waals surface area contributed by atoms with Crippen molar-refractivity contribution in [1.29, 1.82) is 0 Å². The molecule has 1 aromatic rings. The fourth-order valence-electron chi connectivity index (χ4n) is 5.44. The molecule has 130 valence electrons. The lowest BCUT2D eigenvalue weighted by atomic mass is 9.29. The Morgan fingerprint density at radius 3 is 2.08 bits per heavy atom. The summed E-state index contributed by atoms with van der Waals surface area (Å²) in [5.74, 6) is 0.665. The second-order valence-electron chi connectivity index (χ2n) is 9.81. The van der Waals surface area contributed by atoms with Crippen LogP contribution in [0, 0.1) is 18.3 Å². The fraction of sp³-hybridized carbons (Fsp3) is 0.714. The van der Waals surface area contributed by atoms with Gasteiger partial charge in [0, 0.05) is 0 Å². The summed E-state index contributed by atoms with van der Waals surface area (Å²) in [6, 6.07) is 8.96. The smallest absolute Gasteiger partial charge is 0.403 e. The highest BCUT2D eigenvalue weighted by Crippen LogP contribution is 2.77. The molecule has 4 aliphatic rings. The van der Waals surface area contributed by atoms with Gasteiger partial charge in [-0.2, -0.15) is 0 Å². The normalized spacial score (nSPS) is 36.8. The topological polar surface area (TPSA) is 18.5 Å². The number of hydrogen-bond donors (Lipinski definition) is 0. The molecule has 0 N–H and O–H groups in total. The minimum atomic E-state index is -0.209. The first-order chi connectivity index (χ1) is 11.1. The number of aryl methyl sites for hydroxylation is 1. The van der Waals surface area contributed by atoms with Crippen molar-refractivity contribution in [2.45, 2.75) is 83.7 Å². The molecule has 1 unspecified atom stereocenters. The molecule has 3 heteroatoms. The van der Waals surface area contributed by atoms with Gasteiger partial charge in [-0.25, -0.2) is 0 Å². The van der Waals surface area contributed by atoms with Crippen molar-refractivity contribution in [3.63, 3.8) is 0 Å². The third-order valence-electron chi connectivity index (χ3n) is 7.68. The molecule has 0 aromatic heterocycles. The van der Waals surface area contributed by atoms with Crippen molar-refractivity contribution in [2.24, 2.45) is 11.3 Å². The summed E-state index contributed by atoms with van der Waals surface area (Å²) in [6.07, 6.45) is 5.08. The van der Waals surface area contributed by atoms with Crippen molar-refractivity contribution in [3.05, 3.63) is 35.4 Å². The molecule has 0 amide bonds. The predicted molar refractivity (Wildman–Crippen MR) is 99.2 cm³/mol. The molecule has 3 aliphatic carbocycles. The van der Waals surface area contributed by atoms with Gasteiger partial charge >= 0.3 is 7.12 Å². The van der Waals surface area contributed by atoms with E-state index in [0.29, 0.717) is 16.7 Å². The van der Waals surface area contributed by atoms with Crippen molar-refractivity contribution in [3.8, 4) is 0 Å². The minimum Gasteiger partial charge on any atom is -0.403 e. The highest BCUT2D eigenvalue weighted by molar-refractivity contribution is 6.45. The third-order valence-corrected chi connectivity index (χ3v) is 7.68. The second kappa shape index (κ2) is 4.89. The maximum atomic E-state index is 6.22. The molecule has 1 heterocycles. The van der Waals surface area contributed by atoms with Gasteiger partial charge in [0.15, 0.2) is 0 Å². The molecule has 24 heavy (non-hydrogen) atoms. The predicted octanol–water partition coefficient (Wildman–Crippen LogP) is 5.15. The van der Waals surface area contributed by atoms with Crippen LogP contribution in [-0.2, 0) is 14.7 Å². The highest BCUT2D eigenvalue weighted by atomic mass is 16.7. The highest BCUT2D eigenvalue weighted by Gasteiger charge is 2.70. The average molecular weight is 326 g/mol. The minimum absolute atomic E-state index is 0.0477. The van der Waals surface area contributed by atoms with E-state index in [9.17, 15) is 0 Å². The zero-order chi connectivity index (χ0) is 17.4. The van der Waals surface area contributed by atoms with E-state index in [1.807, 2.05) is 0 Å². The van der Waals surface area contributed by atoms with Gasteiger partial charge in [0.05, 0.1) is 11.2 Å². The molecule has 1 aromatic carbocycles. The molecule has 2 nitrogen and oxygen atoms in total. The van der Waals surface area contributed by atoms with E-state index >= 15 is 0 Å². The fourth-order valence-corrected chi connectivity index (χ4v) is 5.44. The maximum absolute atomic E-state index is 6.22. The number of rotatable bonds is 4. The van der Waals surface area contributed by atoms with Crippen molar-refractivity contribution in [1.82, 2.24) is 0 Å². The van der Waals surface area contributed by atoms with Crippen LogP contribution >= 0.6 is 0 Å². The van der Waals surface area contributed by atoms with E-state index in [1.165, 1.54) is 24.8 Å². The first-order valence-corrected chi connectivity index (χ1v) is 9.51. The molecule has 4 fully saturated rings. The van der Waals surface area contributed by atoms with Crippen LogP contribution in [0.4, 0.5) is 0 Å².